The van der Waals surface area contributed by atoms with E-state index < -0.39 is 51.0 Å². The number of sulfonamides is 1. The summed E-state index contributed by atoms with van der Waals surface area (Å²) >= 11 is 0. The molecule has 3 atom stereocenters. The number of aryl methyl sites for hydroxylation is 1. The molecule has 1 fully saturated rings. The molecule has 0 radical (unpaired) electrons. The van der Waals surface area contributed by atoms with Crippen LogP contribution in [0.25, 0.3) is 0 Å². The second kappa shape index (κ2) is 15.9. The van der Waals surface area contributed by atoms with Crippen molar-refractivity contribution in [3.05, 3.63) is 101 Å². The second-order valence-corrected chi connectivity index (χ2v) is 16.7. The van der Waals surface area contributed by atoms with E-state index in [1.807, 2.05) is 77.9 Å². The van der Waals surface area contributed by atoms with Crippen molar-refractivity contribution in [2.45, 2.75) is 89.4 Å². The molecule has 2 amide bonds. The Labute approximate surface area is 290 Å². The first-order chi connectivity index (χ1) is 23.0. The van der Waals surface area contributed by atoms with E-state index in [1.54, 1.807) is 30.3 Å². The summed E-state index contributed by atoms with van der Waals surface area (Å²) in [5.74, 6) is -1.26. The highest BCUT2D eigenvalue weighted by Gasteiger charge is 2.45. The van der Waals surface area contributed by atoms with Crippen molar-refractivity contribution >= 4 is 21.8 Å². The van der Waals surface area contributed by atoms with Gasteiger partial charge in [0.2, 0.25) is 21.8 Å². The highest BCUT2D eigenvalue weighted by Crippen LogP contribution is 2.45. The molecule has 3 aromatic carbocycles. The van der Waals surface area contributed by atoms with Crippen LogP contribution in [0.2, 0.25) is 0 Å². The molecular weight excluding hydrogens is 644 g/mol. The Morgan fingerprint density at radius 3 is 2.16 bits per heavy atom. The van der Waals surface area contributed by atoms with Crippen molar-refractivity contribution in [3.63, 3.8) is 0 Å². The Kier molecular flexibility index (Phi) is 12.4. The highest BCUT2D eigenvalue weighted by atomic mass is 32.2. The average molecular weight is 695 g/mol. The van der Waals surface area contributed by atoms with Crippen LogP contribution in [0.1, 0.15) is 64.2 Å². The topological polar surface area (TPSA) is 128 Å². The fourth-order valence-electron chi connectivity index (χ4n) is 5.91. The molecule has 4 rings (SSSR count). The molecule has 0 spiro atoms. The Morgan fingerprint density at radius 2 is 1.59 bits per heavy atom. The van der Waals surface area contributed by atoms with E-state index in [0.717, 1.165) is 29.5 Å². The van der Waals surface area contributed by atoms with Gasteiger partial charge < -0.3 is 15.7 Å². The number of nitrogens with one attached hydrogen (secondary N) is 3. The third-order valence-electron chi connectivity index (χ3n) is 8.86. The monoisotopic (exact) mass is 694 g/mol. The maximum atomic E-state index is 14.0. The van der Waals surface area contributed by atoms with Gasteiger partial charge in [0.1, 0.15) is 11.9 Å². The summed E-state index contributed by atoms with van der Waals surface area (Å²) in [6.07, 6.45) is 0.483. The molecule has 0 heterocycles. The lowest BCUT2D eigenvalue weighted by molar-refractivity contribution is -0.132. The van der Waals surface area contributed by atoms with Crippen LogP contribution in [0.4, 0.5) is 4.39 Å². The number of benzene rings is 3. The number of halogens is 1. The number of nitrogens with zero attached hydrogens (tertiary/aromatic N) is 1. The SMILES string of the molecule is Cc1ccc(S(=O)(=O)N(CC(C)C)C[C@@H](O)[C@H](Cc2ccccc2)NC(=O)[C@@H](NC(=O)CNC2(c3cccc(F)c3)CC2)C(C)(C)C)cc1. The lowest BCUT2D eigenvalue weighted by Gasteiger charge is -2.34. The summed E-state index contributed by atoms with van der Waals surface area (Å²) < 4.78 is 42.7. The van der Waals surface area contributed by atoms with Gasteiger partial charge in [0.25, 0.3) is 0 Å². The van der Waals surface area contributed by atoms with E-state index in [0.29, 0.717) is 0 Å². The smallest absolute Gasteiger partial charge is 0.243 e. The molecule has 11 heteroatoms. The Morgan fingerprint density at radius 1 is 0.939 bits per heavy atom. The Bertz CT molecular complexity index is 1670. The van der Waals surface area contributed by atoms with Crippen LogP contribution in [0.5, 0.6) is 0 Å². The largest absolute Gasteiger partial charge is 0.390 e. The first kappa shape index (κ1) is 38.2. The number of hydrogen-bond acceptors (Lipinski definition) is 6. The predicted molar refractivity (Wildman–Crippen MR) is 190 cm³/mol. The number of rotatable bonds is 16. The number of hydrogen-bond donors (Lipinski definition) is 4. The average Bonchev–Trinajstić information content (AvgIpc) is 3.83. The minimum Gasteiger partial charge on any atom is -0.390 e. The van der Waals surface area contributed by atoms with Crippen LogP contribution in [0, 0.1) is 24.1 Å². The van der Waals surface area contributed by atoms with E-state index in [-0.39, 0.29) is 42.7 Å². The van der Waals surface area contributed by atoms with Crippen LogP contribution in [-0.2, 0) is 31.6 Å². The summed E-state index contributed by atoms with van der Waals surface area (Å²) in [7, 11) is -3.96. The van der Waals surface area contributed by atoms with E-state index in [9.17, 15) is 27.5 Å². The molecule has 9 nitrogen and oxygen atoms in total. The van der Waals surface area contributed by atoms with Crippen LogP contribution in [0.3, 0.4) is 0 Å². The minimum absolute atomic E-state index is 0.0284. The van der Waals surface area contributed by atoms with Gasteiger partial charge in [-0.1, -0.05) is 94.8 Å². The van der Waals surface area contributed by atoms with E-state index in [1.165, 1.54) is 16.4 Å². The predicted octanol–water partition coefficient (Wildman–Crippen LogP) is 4.68. The fourth-order valence-corrected chi connectivity index (χ4v) is 7.53. The molecule has 1 aliphatic carbocycles. The van der Waals surface area contributed by atoms with Crippen LogP contribution in [-0.4, -0.2) is 67.5 Å². The fraction of sp³-hybridized carbons (Fsp3) is 0.474. The van der Waals surface area contributed by atoms with Gasteiger partial charge in [-0.2, -0.15) is 4.31 Å². The zero-order valence-corrected chi connectivity index (χ0v) is 30.2. The molecular formula is C38H51FN4O5S. The number of aliphatic hydroxyl groups is 1. The standard InChI is InChI=1S/C38H51FN4O5S/c1-26(2)24-43(49(47,48)31-17-15-27(3)16-18-31)25-33(44)32(21-28-11-8-7-9-12-28)41-36(46)35(37(4,5)6)42-34(45)23-40-38(19-20-38)29-13-10-14-30(39)22-29/h7-18,22,26,32-33,35,40,44H,19-21,23-25H2,1-6H3,(H,41,46)(H,42,45)/t32-,33+,35+/m0/s1. The quantitative estimate of drug-likeness (QED) is 0.173. The lowest BCUT2D eigenvalue weighted by Crippen LogP contribution is -2.59. The molecule has 4 N–H and O–H groups in total. The summed E-state index contributed by atoms with van der Waals surface area (Å²) in [4.78, 5) is 27.4. The minimum atomic E-state index is -3.96. The molecule has 49 heavy (non-hydrogen) atoms. The molecule has 1 aliphatic rings. The molecule has 0 bridgehead atoms. The van der Waals surface area contributed by atoms with Crippen LogP contribution in [0.15, 0.2) is 83.8 Å². The van der Waals surface area contributed by atoms with Gasteiger partial charge in [-0.25, -0.2) is 12.8 Å². The van der Waals surface area contributed by atoms with Gasteiger partial charge in [-0.15, -0.1) is 0 Å². The summed E-state index contributed by atoms with van der Waals surface area (Å²) in [5, 5.41) is 20.8. The van der Waals surface area contributed by atoms with E-state index >= 15 is 0 Å². The Balaban J connectivity index is 1.52. The second-order valence-electron chi connectivity index (χ2n) is 14.7. The number of amides is 2. The molecule has 3 aromatic rings. The van der Waals surface area contributed by atoms with E-state index in [2.05, 4.69) is 16.0 Å². The maximum absolute atomic E-state index is 14.0. The normalized spacial score (nSPS) is 16.2. The molecule has 0 aliphatic heterocycles. The van der Waals surface area contributed by atoms with Crippen LogP contribution < -0.4 is 16.0 Å². The highest BCUT2D eigenvalue weighted by molar-refractivity contribution is 7.89. The van der Waals surface area contributed by atoms with Gasteiger partial charge in [-0.3, -0.25) is 14.9 Å². The van der Waals surface area contributed by atoms with E-state index in [4.69, 9.17) is 0 Å². The van der Waals surface area contributed by atoms with Gasteiger partial charge in [0.15, 0.2) is 0 Å². The van der Waals surface area contributed by atoms with Crippen molar-refractivity contribution in [2.24, 2.45) is 11.3 Å². The summed E-state index contributed by atoms with van der Waals surface area (Å²) in [6.45, 7) is 11.0. The Hall–Kier alpha value is -3.64. The van der Waals surface area contributed by atoms with Crippen LogP contribution >= 0.6 is 0 Å². The van der Waals surface area contributed by atoms with Crippen molar-refractivity contribution in [3.8, 4) is 0 Å². The van der Waals surface area contributed by atoms with Crippen molar-refractivity contribution in [1.82, 2.24) is 20.3 Å². The van der Waals surface area contributed by atoms with Crippen molar-refractivity contribution in [2.75, 3.05) is 19.6 Å². The first-order valence-electron chi connectivity index (χ1n) is 16.9. The molecule has 0 unspecified atom stereocenters. The number of aliphatic hydroxyl groups excluding tert-OH is 1. The van der Waals surface area contributed by atoms with Gasteiger partial charge in [0.05, 0.1) is 23.6 Å². The molecule has 0 aromatic heterocycles. The van der Waals surface area contributed by atoms with Gasteiger partial charge in [-0.05, 0) is 72.9 Å². The first-order valence-corrected chi connectivity index (χ1v) is 18.3. The maximum Gasteiger partial charge on any atom is 0.243 e. The number of carbonyl (C=O) groups is 2. The van der Waals surface area contributed by atoms with Gasteiger partial charge in [0, 0.05) is 18.6 Å². The van der Waals surface area contributed by atoms with Crippen molar-refractivity contribution < 1.29 is 27.5 Å². The lowest BCUT2D eigenvalue weighted by atomic mass is 9.85. The summed E-state index contributed by atoms with van der Waals surface area (Å²) in [5.41, 5.74) is 1.36. The van der Waals surface area contributed by atoms with Crippen molar-refractivity contribution in [1.29, 1.82) is 0 Å². The summed E-state index contributed by atoms with van der Waals surface area (Å²) in [6, 6.07) is 20.4. The molecule has 266 valence electrons. The zero-order valence-electron chi connectivity index (χ0n) is 29.4. The van der Waals surface area contributed by atoms with Gasteiger partial charge >= 0.3 is 0 Å². The third-order valence-corrected chi connectivity index (χ3v) is 10.7. The molecule has 1 saturated carbocycles. The number of carbonyl (C=O) groups excluding carboxylic acids is 2. The zero-order chi connectivity index (χ0) is 36.0. The third kappa shape index (κ3) is 10.4. The molecule has 0 saturated heterocycles.